The van der Waals surface area contributed by atoms with Gasteiger partial charge in [-0.2, -0.15) is 0 Å². The van der Waals surface area contributed by atoms with Crippen molar-refractivity contribution in [1.29, 1.82) is 0 Å². The molecule has 2 unspecified atom stereocenters. The second-order valence-corrected chi connectivity index (χ2v) is 5.14. The van der Waals surface area contributed by atoms with E-state index < -0.39 is 0 Å². The van der Waals surface area contributed by atoms with E-state index >= 15 is 0 Å². The third kappa shape index (κ3) is 3.02. The van der Waals surface area contributed by atoms with Gasteiger partial charge in [0.15, 0.2) is 0 Å². The third-order valence-electron chi connectivity index (χ3n) is 3.80. The molecule has 6 nitrogen and oxygen atoms in total. The quantitative estimate of drug-likeness (QED) is 0.878. The van der Waals surface area contributed by atoms with Gasteiger partial charge in [0.1, 0.15) is 11.9 Å². The lowest BCUT2D eigenvalue weighted by molar-refractivity contribution is -0.135. The Balaban J connectivity index is 1.78. The SMILES string of the molecule is COc1ccccc1C1NCC(=O)N1CC1COCCO1. The molecule has 2 aliphatic heterocycles. The lowest BCUT2D eigenvalue weighted by Gasteiger charge is -2.31. The topological polar surface area (TPSA) is 60.0 Å². The monoisotopic (exact) mass is 292 g/mol. The number of para-hydroxylation sites is 1. The number of carbonyl (C=O) groups is 1. The summed E-state index contributed by atoms with van der Waals surface area (Å²) in [5.74, 6) is 0.843. The molecule has 2 saturated heterocycles. The van der Waals surface area contributed by atoms with E-state index in [1.807, 2.05) is 24.3 Å². The summed E-state index contributed by atoms with van der Waals surface area (Å²) in [6.07, 6.45) is -0.251. The van der Waals surface area contributed by atoms with Gasteiger partial charge < -0.3 is 19.1 Å². The third-order valence-corrected chi connectivity index (χ3v) is 3.80. The Morgan fingerprint density at radius 2 is 2.24 bits per heavy atom. The van der Waals surface area contributed by atoms with Gasteiger partial charge in [-0.3, -0.25) is 10.1 Å². The summed E-state index contributed by atoms with van der Waals surface area (Å²) in [6, 6.07) is 7.74. The maximum Gasteiger partial charge on any atom is 0.238 e. The van der Waals surface area contributed by atoms with Crippen LogP contribution in [0.15, 0.2) is 24.3 Å². The Morgan fingerprint density at radius 1 is 1.38 bits per heavy atom. The number of methoxy groups -OCH3 is 1. The van der Waals surface area contributed by atoms with Crippen LogP contribution in [-0.2, 0) is 14.3 Å². The summed E-state index contributed by atoms with van der Waals surface area (Å²) in [5, 5.41) is 3.24. The van der Waals surface area contributed by atoms with Crippen molar-refractivity contribution in [2.45, 2.75) is 12.3 Å². The molecule has 0 aliphatic carbocycles. The van der Waals surface area contributed by atoms with Gasteiger partial charge in [-0.1, -0.05) is 18.2 Å². The number of benzene rings is 1. The minimum Gasteiger partial charge on any atom is -0.496 e. The highest BCUT2D eigenvalue weighted by molar-refractivity contribution is 5.81. The number of carbonyl (C=O) groups excluding carboxylic acids is 1. The molecule has 1 aromatic carbocycles. The molecule has 2 heterocycles. The lowest BCUT2D eigenvalue weighted by atomic mass is 10.1. The summed E-state index contributed by atoms with van der Waals surface area (Å²) in [4.78, 5) is 14.0. The second-order valence-electron chi connectivity index (χ2n) is 5.14. The highest BCUT2D eigenvalue weighted by Crippen LogP contribution is 2.30. The number of nitrogens with one attached hydrogen (secondary N) is 1. The Morgan fingerprint density at radius 3 is 3.00 bits per heavy atom. The number of rotatable bonds is 4. The Kier molecular flexibility index (Phi) is 4.38. The molecule has 114 valence electrons. The number of nitrogens with zero attached hydrogens (tertiary/aromatic N) is 1. The van der Waals surface area contributed by atoms with E-state index in [2.05, 4.69) is 5.32 Å². The van der Waals surface area contributed by atoms with Crippen LogP contribution in [0.2, 0.25) is 0 Å². The molecule has 1 N–H and O–H groups in total. The molecule has 21 heavy (non-hydrogen) atoms. The van der Waals surface area contributed by atoms with E-state index in [4.69, 9.17) is 14.2 Å². The van der Waals surface area contributed by atoms with E-state index in [1.54, 1.807) is 12.0 Å². The smallest absolute Gasteiger partial charge is 0.238 e. The average Bonchev–Trinajstić information content (AvgIpc) is 2.89. The first-order valence-electron chi connectivity index (χ1n) is 7.14. The predicted octanol–water partition coefficient (Wildman–Crippen LogP) is 0.541. The lowest BCUT2D eigenvalue weighted by Crippen LogP contribution is -2.42. The van der Waals surface area contributed by atoms with Gasteiger partial charge in [0.2, 0.25) is 5.91 Å². The molecule has 0 aromatic heterocycles. The first-order valence-corrected chi connectivity index (χ1v) is 7.14. The van der Waals surface area contributed by atoms with Crippen LogP contribution in [0.5, 0.6) is 5.75 Å². The maximum atomic E-state index is 12.2. The molecule has 0 bridgehead atoms. The largest absolute Gasteiger partial charge is 0.496 e. The van der Waals surface area contributed by atoms with E-state index in [9.17, 15) is 4.79 Å². The fourth-order valence-electron chi connectivity index (χ4n) is 2.78. The molecule has 0 spiro atoms. The fraction of sp³-hybridized carbons (Fsp3) is 0.533. The first-order chi connectivity index (χ1) is 10.3. The highest BCUT2D eigenvalue weighted by atomic mass is 16.6. The fourth-order valence-corrected chi connectivity index (χ4v) is 2.78. The molecule has 3 rings (SSSR count). The first kappa shape index (κ1) is 14.3. The highest BCUT2D eigenvalue weighted by Gasteiger charge is 2.35. The van der Waals surface area contributed by atoms with Crippen molar-refractivity contribution in [3.05, 3.63) is 29.8 Å². The van der Waals surface area contributed by atoms with E-state index in [0.717, 1.165) is 11.3 Å². The van der Waals surface area contributed by atoms with E-state index in [1.165, 1.54) is 0 Å². The van der Waals surface area contributed by atoms with Crippen LogP contribution in [0.1, 0.15) is 11.7 Å². The van der Waals surface area contributed by atoms with Crippen LogP contribution in [-0.4, -0.2) is 56.9 Å². The summed E-state index contributed by atoms with van der Waals surface area (Å²) in [5.41, 5.74) is 0.961. The van der Waals surface area contributed by atoms with Crippen molar-refractivity contribution in [2.24, 2.45) is 0 Å². The zero-order chi connectivity index (χ0) is 14.7. The Bertz CT molecular complexity index is 502. The van der Waals surface area contributed by atoms with Gasteiger partial charge in [0.25, 0.3) is 0 Å². The number of amides is 1. The minimum atomic E-state index is -0.181. The van der Waals surface area contributed by atoms with Crippen LogP contribution < -0.4 is 10.1 Å². The molecule has 0 radical (unpaired) electrons. The van der Waals surface area contributed by atoms with E-state index in [0.29, 0.717) is 32.9 Å². The number of ether oxygens (including phenoxy) is 3. The molecular weight excluding hydrogens is 272 g/mol. The molecule has 2 fully saturated rings. The van der Waals surface area contributed by atoms with Gasteiger partial charge in [-0.25, -0.2) is 0 Å². The van der Waals surface area contributed by atoms with Crippen molar-refractivity contribution >= 4 is 5.91 Å². The summed E-state index contributed by atoms with van der Waals surface area (Å²) >= 11 is 0. The molecule has 1 aromatic rings. The van der Waals surface area contributed by atoms with Crippen molar-refractivity contribution in [2.75, 3.05) is 40.0 Å². The van der Waals surface area contributed by atoms with Crippen LogP contribution in [0.4, 0.5) is 0 Å². The average molecular weight is 292 g/mol. The molecule has 2 aliphatic rings. The molecular formula is C15H20N2O4. The van der Waals surface area contributed by atoms with E-state index in [-0.39, 0.29) is 18.2 Å². The zero-order valence-electron chi connectivity index (χ0n) is 12.1. The standard InChI is InChI=1S/C15H20N2O4/c1-19-13-5-3-2-4-12(13)15-16-8-14(18)17(15)9-11-10-20-6-7-21-11/h2-5,11,15-16H,6-10H2,1H3. The van der Waals surface area contributed by atoms with Crippen LogP contribution >= 0.6 is 0 Å². The number of hydrogen-bond donors (Lipinski definition) is 1. The predicted molar refractivity (Wildman–Crippen MR) is 76.0 cm³/mol. The van der Waals surface area contributed by atoms with Crippen molar-refractivity contribution in [3.8, 4) is 5.75 Å². The molecule has 1 amide bonds. The Labute approximate surface area is 124 Å². The normalized spacial score (nSPS) is 26.1. The van der Waals surface area contributed by atoms with Gasteiger partial charge in [0.05, 0.1) is 46.1 Å². The summed E-state index contributed by atoms with van der Waals surface area (Å²) < 4.78 is 16.5. The zero-order valence-corrected chi connectivity index (χ0v) is 12.1. The number of hydrogen-bond acceptors (Lipinski definition) is 5. The molecule has 2 atom stereocenters. The minimum absolute atomic E-state index is 0.0695. The van der Waals surface area contributed by atoms with Crippen molar-refractivity contribution in [1.82, 2.24) is 10.2 Å². The maximum absolute atomic E-state index is 12.2. The summed E-state index contributed by atoms with van der Waals surface area (Å²) in [6.45, 7) is 2.59. The van der Waals surface area contributed by atoms with Crippen LogP contribution in [0.3, 0.4) is 0 Å². The van der Waals surface area contributed by atoms with Crippen molar-refractivity contribution < 1.29 is 19.0 Å². The van der Waals surface area contributed by atoms with Gasteiger partial charge >= 0.3 is 0 Å². The van der Waals surface area contributed by atoms with Gasteiger partial charge in [-0.15, -0.1) is 0 Å². The van der Waals surface area contributed by atoms with Gasteiger partial charge in [-0.05, 0) is 6.07 Å². The van der Waals surface area contributed by atoms with Crippen LogP contribution in [0.25, 0.3) is 0 Å². The Hall–Kier alpha value is -1.63. The van der Waals surface area contributed by atoms with Gasteiger partial charge in [0, 0.05) is 5.56 Å². The second kappa shape index (κ2) is 6.43. The van der Waals surface area contributed by atoms with Crippen molar-refractivity contribution in [3.63, 3.8) is 0 Å². The summed E-state index contributed by atoms with van der Waals surface area (Å²) in [7, 11) is 1.64. The van der Waals surface area contributed by atoms with Crippen LogP contribution in [0, 0.1) is 0 Å². The molecule has 6 heteroatoms. The molecule has 0 saturated carbocycles.